The number of nitrogens with one attached hydrogen (secondary N) is 1. The van der Waals surface area contributed by atoms with Crippen molar-refractivity contribution in [3.63, 3.8) is 0 Å². The first-order chi connectivity index (χ1) is 15.0. The molecule has 0 atom stereocenters. The molecular formula is C22H17BrF2N4O2. The van der Waals surface area contributed by atoms with Crippen molar-refractivity contribution < 1.29 is 13.5 Å². The van der Waals surface area contributed by atoms with Crippen LogP contribution >= 0.6 is 15.9 Å². The second-order valence-electron chi connectivity index (χ2n) is 7.17. The van der Waals surface area contributed by atoms with Gasteiger partial charge in [0, 0.05) is 30.5 Å². The van der Waals surface area contributed by atoms with Crippen LogP contribution in [0.1, 0.15) is 0 Å². The number of para-hydroxylation sites is 1. The Bertz CT molecular complexity index is 1310. The topological polar surface area (TPSA) is 63.1 Å². The van der Waals surface area contributed by atoms with Gasteiger partial charge in [-0.15, -0.1) is 0 Å². The van der Waals surface area contributed by atoms with Crippen molar-refractivity contribution in [2.45, 2.75) is 0 Å². The van der Waals surface area contributed by atoms with Crippen molar-refractivity contribution in [1.29, 1.82) is 0 Å². The quantitative estimate of drug-likeness (QED) is 0.469. The van der Waals surface area contributed by atoms with Crippen molar-refractivity contribution >= 4 is 32.5 Å². The maximum Gasteiger partial charge on any atom is 0.259 e. The largest absolute Gasteiger partial charge is 0.378 e. The Morgan fingerprint density at radius 1 is 1.03 bits per heavy atom. The van der Waals surface area contributed by atoms with E-state index in [2.05, 4.69) is 30.9 Å². The highest BCUT2D eigenvalue weighted by Gasteiger charge is 2.23. The smallest absolute Gasteiger partial charge is 0.259 e. The average molecular weight is 487 g/mol. The lowest BCUT2D eigenvalue weighted by atomic mass is 10.1. The van der Waals surface area contributed by atoms with E-state index in [1.165, 1.54) is 12.3 Å². The zero-order valence-corrected chi connectivity index (χ0v) is 17.8. The summed E-state index contributed by atoms with van der Waals surface area (Å²) in [5.41, 5.74) is 1.60. The summed E-state index contributed by atoms with van der Waals surface area (Å²) in [5.74, 6) is -1.54. The number of nitrogens with zero attached hydrogens (tertiary/aromatic N) is 3. The molecule has 0 spiro atoms. The Hall–Kier alpha value is -3.04. The van der Waals surface area contributed by atoms with Crippen LogP contribution in [0.4, 0.5) is 14.5 Å². The van der Waals surface area contributed by atoms with Crippen LogP contribution in [0.25, 0.3) is 27.8 Å². The molecule has 1 fully saturated rings. The number of halogens is 3. The number of H-pyrrole nitrogens is 1. The summed E-state index contributed by atoms with van der Waals surface area (Å²) in [5, 5.41) is 4.71. The van der Waals surface area contributed by atoms with Crippen molar-refractivity contribution in [2.75, 3.05) is 31.2 Å². The first-order valence-corrected chi connectivity index (χ1v) is 10.5. The Labute approximate surface area is 184 Å². The molecule has 158 valence electrons. The lowest BCUT2D eigenvalue weighted by Gasteiger charge is -2.28. The Kier molecular flexibility index (Phi) is 5.07. The van der Waals surface area contributed by atoms with Gasteiger partial charge in [-0.2, -0.15) is 5.10 Å². The summed E-state index contributed by atoms with van der Waals surface area (Å²) >= 11 is 3.38. The number of pyridine rings is 1. The molecule has 0 saturated carbocycles. The second kappa shape index (κ2) is 7.90. The molecule has 2 aromatic carbocycles. The van der Waals surface area contributed by atoms with Crippen LogP contribution in [0, 0.1) is 11.6 Å². The van der Waals surface area contributed by atoms with Crippen LogP contribution in [0.2, 0.25) is 0 Å². The van der Waals surface area contributed by atoms with Crippen LogP contribution < -0.4 is 10.5 Å². The van der Waals surface area contributed by atoms with Gasteiger partial charge in [-0.25, -0.2) is 13.5 Å². The molecule has 0 unspecified atom stereocenters. The van der Waals surface area contributed by atoms with Gasteiger partial charge in [-0.1, -0.05) is 18.2 Å². The van der Waals surface area contributed by atoms with Gasteiger partial charge in [0.2, 0.25) is 0 Å². The van der Waals surface area contributed by atoms with E-state index < -0.39 is 17.2 Å². The molecule has 4 aromatic rings. The van der Waals surface area contributed by atoms with Gasteiger partial charge < -0.3 is 14.6 Å². The Balaban J connectivity index is 1.70. The van der Waals surface area contributed by atoms with Gasteiger partial charge in [0.25, 0.3) is 5.56 Å². The SMILES string of the molecule is O=c1[nH]cc(Br)c2c1c(-c1ccc(N3CCOCC3)cc1)nn2-c1c(F)cccc1F. The molecule has 1 saturated heterocycles. The minimum Gasteiger partial charge on any atom is -0.378 e. The van der Waals surface area contributed by atoms with E-state index in [-0.39, 0.29) is 11.1 Å². The number of anilines is 1. The molecule has 0 aliphatic carbocycles. The van der Waals surface area contributed by atoms with E-state index >= 15 is 0 Å². The third kappa shape index (κ3) is 3.43. The minimum atomic E-state index is -0.772. The van der Waals surface area contributed by atoms with Gasteiger partial charge in [0.1, 0.15) is 11.4 Å². The van der Waals surface area contributed by atoms with E-state index in [1.807, 2.05) is 24.3 Å². The monoisotopic (exact) mass is 486 g/mol. The van der Waals surface area contributed by atoms with Crippen LogP contribution in [-0.2, 0) is 4.74 Å². The molecule has 31 heavy (non-hydrogen) atoms. The number of benzene rings is 2. The highest BCUT2D eigenvalue weighted by Crippen LogP contribution is 2.33. The fourth-order valence-corrected chi connectivity index (χ4v) is 4.31. The minimum absolute atomic E-state index is 0.246. The number of ether oxygens (including phenoxy) is 1. The van der Waals surface area contributed by atoms with E-state index in [1.54, 1.807) is 0 Å². The fourth-order valence-electron chi connectivity index (χ4n) is 3.83. The molecule has 6 nitrogen and oxygen atoms in total. The highest BCUT2D eigenvalue weighted by atomic mass is 79.9. The predicted octanol–water partition coefficient (Wildman–Crippen LogP) is 4.26. The Morgan fingerprint density at radius 3 is 2.39 bits per heavy atom. The first-order valence-electron chi connectivity index (χ1n) is 9.72. The van der Waals surface area contributed by atoms with Crippen molar-refractivity contribution in [2.24, 2.45) is 0 Å². The van der Waals surface area contributed by atoms with Crippen molar-refractivity contribution in [3.8, 4) is 16.9 Å². The summed E-state index contributed by atoms with van der Waals surface area (Å²) in [6.07, 6.45) is 1.44. The number of aromatic amines is 1. The number of aromatic nitrogens is 3. The number of hydrogen-bond acceptors (Lipinski definition) is 4. The first kappa shape index (κ1) is 19.9. The van der Waals surface area contributed by atoms with E-state index in [9.17, 15) is 13.6 Å². The molecule has 0 bridgehead atoms. The van der Waals surface area contributed by atoms with E-state index in [4.69, 9.17) is 4.74 Å². The summed E-state index contributed by atoms with van der Waals surface area (Å²) in [6.45, 7) is 2.95. The number of fused-ring (bicyclic) bond motifs is 1. The lowest BCUT2D eigenvalue weighted by Crippen LogP contribution is -2.36. The average Bonchev–Trinajstić information content (AvgIpc) is 3.18. The molecule has 1 aliphatic heterocycles. The van der Waals surface area contributed by atoms with Crippen LogP contribution in [0.5, 0.6) is 0 Å². The van der Waals surface area contributed by atoms with Gasteiger partial charge in [0.15, 0.2) is 11.6 Å². The van der Waals surface area contributed by atoms with Gasteiger partial charge >= 0.3 is 0 Å². The third-order valence-corrected chi connectivity index (χ3v) is 5.94. The fraction of sp³-hybridized carbons (Fsp3) is 0.182. The van der Waals surface area contributed by atoms with E-state index in [0.717, 1.165) is 35.6 Å². The van der Waals surface area contributed by atoms with Crippen LogP contribution in [-0.4, -0.2) is 41.1 Å². The van der Waals surface area contributed by atoms with Crippen molar-refractivity contribution in [1.82, 2.24) is 14.8 Å². The Morgan fingerprint density at radius 2 is 1.71 bits per heavy atom. The summed E-state index contributed by atoms with van der Waals surface area (Å²) in [6, 6.07) is 11.2. The normalized spacial score (nSPS) is 14.4. The summed E-state index contributed by atoms with van der Waals surface area (Å²) in [7, 11) is 0. The molecular weight excluding hydrogens is 470 g/mol. The molecule has 0 amide bonds. The molecule has 0 radical (unpaired) electrons. The lowest BCUT2D eigenvalue weighted by molar-refractivity contribution is 0.122. The second-order valence-corrected chi connectivity index (χ2v) is 8.02. The van der Waals surface area contributed by atoms with Gasteiger partial charge in [-0.3, -0.25) is 4.79 Å². The zero-order valence-electron chi connectivity index (χ0n) is 16.2. The molecule has 3 heterocycles. The summed E-state index contributed by atoms with van der Waals surface area (Å²) < 4.78 is 36.1. The molecule has 9 heteroatoms. The molecule has 5 rings (SSSR count). The van der Waals surface area contributed by atoms with Crippen LogP contribution in [0.3, 0.4) is 0 Å². The standard InChI is InChI=1S/C22H17BrF2N4O2/c23-15-12-26-22(30)18-19(13-4-6-14(7-5-13)28-8-10-31-11-9-28)27-29(20(15)18)21-16(24)2-1-3-17(21)25/h1-7,12H,8-11H2,(H,26,30). The van der Waals surface area contributed by atoms with Crippen LogP contribution in [0.15, 0.2) is 57.9 Å². The third-order valence-electron chi connectivity index (χ3n) is 5.34. The summed E-state index contributed by atoms with van der Waals surface area (Å²) in [4.78, 5) is 17.6. The van der Waals surface area contributed by atoms with E-state index in [0.29, 0.717) is 34.5 Å². The van der Waals surface area contributed by atoms with Crippen molar-refractivity contribution in [3.05, 3.63) is 75.1 Å². The maximum absolute atomic E-state index is 14.5. The molecule has 1 aliphatic rings. The molecule has 2 aromatic heterocycles. The number of morpholine rings is 1. The number of rotatable bonds is 3. The predicted molar refractivity (Wildman–Crippen MR) is 118 cm³/mol. The molecule has 1 N–H and O–H groups in total. The van der Waals surface area contributed by atoms with Gasteiger partial charge in [0.05, 0.1) is 28.6 Å². The van der Waals surface area contributed by atoms with Gasteiger partial charge in [-0.05, 0) is 40.2 Å². The number of hydrogen-bond donors (Lipinski definition) is 1. The highest BCUT2D eigenvalue weighted by molar-refractivity contribution is 9.10. The maximum atomic E-state index is 14.5. The zero-order chi connectivity index (χ0) is 21.5.